The summed E-state index contributed by atoms with van der Waals surface area (Å²) < 4.78 is 15.5. The van der Waals surface area contributed by atoms with Crippen molar-refractivity contribution in [2.45, 2.75) is 19.5 Å². The lowest BCUT2D eigenvalue weighted by atomic mass is 10.1. The topological polar surface area (TPSA) is 74.0 Å². The largest absolute Gasteiger partial charge is 0.454 e. The molecule has 1 aliphatic heterocycles. The van der Waals surface area contributed by atoms with Crippen molar-refractivity contribution < 1.29 is 19.0 Å². The molecule has 0 aliphatic carbocycles. The number of rotatable bonds is 6. The first kappa shape index (κ1) is 17.6. The third-order valence-corrected chi connectivity index (χ3v) is 3.17. The molecule has 118 valence electrons. The van der Waals surface area contributed by atoms with E-state index < -0.39 is 6.04 Å². The van der Waals surface area contributed by atoms with Gasteiger partial charge in [-0.05, 0) is 24.6 Å². The molecule has 2 N–H and O–H groups in total. The maximum Gasteiger partial charge on any atom is 0.242 e. The van der Waals surface area contributed by atoms with E-state index in [2.05, 4.69) is 0 Å². The van der Waals surface area contributed by atoms with E-state index in [0.29, 0.717) is 18.8 Å². The van der Waals surface area contributed by atoms with Crippen LogP contribution in [-0.2, 0) is 16.1 Å². The summed E-state index contributed by atoms with van der Waals surface area (Å²) in [4.78, 5) is 13.9. The first-order valence-corrected chi connectivity index (χ1v) is 6.57. The number of halogens is 1. The Bertz CT molecular complexity index is 484. The van der Waals surface area contributed by atoms with Gasteiger partial charge in [0.2, 0.25) is 12.7 Å². The number of hydrogen-bond donors (Lipinski definition) is 1. The van der Waals surface area contributed by atoms with Crippen LogP contribution in [-0.4, -0.2) is 43.9 Å². The average molecular weight is 317 g/mol. The SMILES string of the molecule is CCN(Cc1ccc2c(c1)OCO2)C(=O)C(N)COC.Cl. The van der Waals surface area contributed by atoms with Crippen LogP contribution in [0.3, 0.4) is 0 Å². The van der Waals surface area contributed by atoms with E-state index in [-0.39, 0.29) is 31.7 Å². The van der Waals surface area contributed by atoms with Gasteiger partial charge in [0.05, 0.1) is 6.61 Å². The van der Waals surface area contributed by atoms with Gasteiger partial charge in [-0.2, -0.15) is 0 Å². The number of likely N-dealkylation sites (N-methyl/N-ethyl adjacent to an activating group) is 1. The molecule has 0 radical (unpaired) electrons. The second-order valence-corrected chi connectivity index (χ2v) is 4.60. The number of fused-ring (bicyclic) bond motifs is 1. The number of nitrogens with zero attached hydrogens (tertiary/aromatic N) is 1. The Kier molecular flexibility index (Phi) is 6.74. The average Bonchev–Trinajstić information content (AvgIpc) is 2.91. The molecule has 21 heavy (non-hydrogen) atoms. The minimum atomic E-state index is -0.631. The highest BCUT2D eigenvalue weighted by Crippen LogP contribution is 2.32. The van der Waals surface area contributed by atoms with Crippen LogP contribution in [0.4, 0.5) is 0 Å². The molecule has 1 aliphatic rings. The molecule has 2 rings (SSSR count). The lowest BCUT2D eigenvalue weighted by molar-refractivity contribution is -0.134. The predicted octanol–water partition coefficient (Wildman–Crippen LogP) is 1.16. The van der Waals surface area contributed by atoms with Gasteiger partial charge in [-0.1, -0.05) is 6.07 Å². The zero-order valence-electron chi connectivity index (χ0n) is 12.2. The second-order valence-electron chi connectivity index (χ2n) is 4.60. The molecule has 1 heterocycles. The molecule has 0 spiro atoms. The zero-order chi connectivity index (χ0) is 14.5. The number of hydrogen-bond acceptors (Lipinski definition) is 5. The van der Waals surface area contributed by atoms with E-state index in [4.69, 9.17) is 19.9 Å². The minimum Gasteiger partial charge on any atom is -0.454 e. The van der Waals surface area contributed by atoms with Gasteiger partial charge in [-0.15, -0.1) is 12.4 Å². The Morgan fingerprint density at radius 2 is 2.14 bits per heavy atom. The Balaban J connectivity index is 0.00000220. The van der Waals surface area contributed by atoms with Crippen molar-refractivity contribution in [2.24, 2.45) is 5.73 Å². The van der Waals surface area contributed by atoms with Crippen LogP contribution >= 0.6 is 12.4 Å². The Morgan fingerprint density at radius 3 is 2.81 bits per heavy atom. The standard InChI is InChI=1S/C14H20N2O4.ClH/c1-3-16(14(17)11(15)8-18-2)7-10-4-5-12-13(6-10)20-9-19-12;/h4-6,11H,3,7-9,15H2,1-2H3;1H. The van der Waals surface area contributed by atoms with Gasteiger partial charge in [0, 0.05) is 20.2 Å². The lowest BCUT2D eigenvalue weighted by Gasteiger charge is -2.24. The van der Waals surface area contributed by atoms with Crippen LogP contribution < -0.4 is 15.2 Å². The normalized spacial score (nSPS) is 13.5. The highest BCUT2D eigenvalue weighted by molar-refractivity contribution is 5.85. The monoisotopic (exact) mass is 316 g/mol. The van der Waals surface area contributed by atoms with Crippen LogP contribution in [0.2, 0.25) is 0 Å². The number of carbonyl (C=O) groups excluding carboxylic acids is 1. The lowest BCUT2D eigenvalue weighted by Crippen LogP contribution is -2.45. The molecule has 6 nitrogen and oxygen atoms in total. The molecule has 0 fully saturated rings. The van der Waals surface area contributed by atoms with Crippen molar-refractivity contribution >= 4 is 18.3 Å². The molecular weight excluding hydrogens is 296 g/mol. The summed E-state index contributed by atoms with van der Waals surface area (Å²) in [6, 6.07) is 5.03. The highest BCUT2D eigenvalue weighted by atomic mass is 35.5. The summed E-state index contributed by atoms with van der Waals surface area (Å²) in [6.07, 6.45) is 0. The van der Waals surface area contributed by atoms with E-state index in [1.54, 1.807) is 4.90 Å². The van der Waals surface area contributed by atoms with Crippen LogP contribution in [0.5, 0.6) is 11.5 Å². The Labute approximate surface area is 130 Å². The van der Waals surface area contributed by atoms with Crippen molar-refractivity contribution in [1.82, 2.24) is 4.90 Å². The van der Waals surface area contributed by atoms with Crippen LogP contribution in [0.1, 0.15) is 12.5 Å². The van der Waals surface area contributed by atoms with Gasteiger partial charge in [0.25, 0.3) is 0 Å². The Morgan fingerprint density at radius 1 is 1.43 bits per heavy atom. The maximum absolute atomic E-state index is 12.2. The molecule has 1 amide bonds. The fourth-order valence-electron chi connectivity index (χ4n) is 2.09. The van der Waals surface area contributed by atoms with Crippen molar-refractivity contribution in [2.75, 3.05) is 27.1 Å². The third-order valence-electron chi connectivity index (χ3n) is 3.17. The molecule has 0 saturated heterocycles. The van der Waals surface area contributed by atoms with Gasteiger partial charge >= 0.3 is 0 Å². The first-order chi connectivity index (χ1) is 9.65. The predicted molar refractivity (Wildman–Crippen MR) is 80.8 cm³/mol. The van der Waals surface area contributed by atoms with Gasteiger partial charge in [0.15, 0.2) is 11.5 Å². The number of ether oxygens (including phenoxy) is 3. The van der Waals surface area contributed by atoms with E-state index in [0.717, 1.165) is 11.3 Å². The molecule has 0 bridgehead atoms. The fraction of sp³-hybridized carbons (Fsp3) is 0.500. The zero-order valence-corrected chi connectivity index (χ0v) is 13.0. The summed E-state index contributed by atoms with van der Waals surface area (Å²) in [5.74, 6) is 1.33. The molecule has 1 unspecified atom stereocenters. The van der Waals surface area contributed by atoms with Crippen molar-refractivity contribution in [3.05, 3.63) is 23.8 Å². The second kappa shape index (κ2) is 8.07. The quantitative estimate of drug-likeness (QED) is 0.852. The van der Waals surface area contributed by atoms with Crippen LogP contribution in [0.25, 0.3) is 0 Å². The van der Waals surface area contributed by atoms with Crippen LogP contribution in [0, 0.1) is 0 Å². The van der Waals surface area contributed by atoms with E-state index in [1.165, 1.54) is 7.11 Å². The van der Waals surface area contributed by atoms with E-state index in [9.17, 15) is 4.79 Å². The first-order valence-electron chi connectivity index (χ1n) is 6.57. The molecule has 0 aromatic heterocycles. The number of carbonyl (C=O) groups is 1. The molecule has 0 saturated carbocycles. The van der Waals surface area contributed by atoms with Gasteiger partial charge in [0.1, 0.15) is 6.04 Å². The summed E-state index contributed by atoms with van der Waals surface area (Å²) in [5.41, 5.74) is 6.77. The molecule has 1 atom stereocenters. The van der Waals surface area contributed by atoms with Crippen molar-refractivity contribution in [1.29, 1.82) is 0 Å². The molecule has 7 heteroatoms. The molecule has 1 aromatic rings. The fourth-order valence-corrected chi connectivity index (χ4v) is 2.09. The van der Waals surface area contributed by atoms with Crippen LogP contribution in [0.15, 0.2) is 18.2 Å². The molecule has 1 aromatic carbocycles. The summed E-state index contributed by atoms with van der Waals surface area (Å²) >= 11 is 0. The summed E-state index contributed by atoms with van der Waals surface area (Å²) in [6.45, 7) is 3.46. The van der Waals surface area contributed by atoms with E-state index in [1.807, 2.05) is 25.1 Å². The van der Waals surface area contributed by atoms with E-state index >= 15 is 0 Å². The molecular formula is C14H21ClN2O4. The van der Waals surface area contributed by atoms with Crippen molar-refractivity contribution in [3.8, 4) is 11.5 Å². The number of nitrogens with two attached hydrogens (primary N) is 1. The smallest absolute Gasteiger partial charge is 0.242 e. The van der Waals surface area contributed by atoms with Gasteiger partial charge in [-0.3, -0.25) is 4.79 Å². The summed E-state index contributed by atoms with van der Waals surface area (Å²) in [7, 11) is 1.53. The number of amides is 1. The third kappa shape index (κ3) is 4.23. The van der Waals surface area contributed by atoms with Gasteiger partial charge in [-0.25, -0.2) is 0 Å². The maximum atomic E-state index is 12.2. The highest BCUT2D eigenvalue weighted by Gasteiger charge is 2.21. The van der Waals surface area contributed by atoms with Crippen molar-refractivity contribution in [3.63, 3.8) is 0 Å². The Hall–Kier alpha value is -1.50. The minimum absolute atomic E-state index is 0. The number of methoxy groups -OCH3 is 1. The summed E-state index contributed by atoms with van der Waals surface area (Å²) in [5, 5.41) is 0. The van der Waals surface area contributed by atoms with Gasteiger partial charge < -0.3 is 24.8 Å². The number of benzene rings is 1.